The van der Waals surface area contributed by atoms with Crippen molar-refractivity contribution in [3.63, 3.8) is 0 Å². The average molecular weight is 597 g/mol. The van der Waals surface area contributed by atoms with Crippen LogP contribution in [0.4, 0.5) is 0 Å². The molecule has 3 aromatic rings. The van der Waals surface area contributed by atoms with Crippen LogP contribution in [0.15, 0.2) is 40.9 Å². The Bertz CT molecular complexity index is 1380. The molecule has 43 heavy (non-hydrogen) atoms. The first kappa shape index (κ1) is 34.7. The Labute approximate surface area is 252 Å². The molecule has 0 saturated heterocycles. The number of rotatable bonds is 11. The maximum Gasteiger partial charge on any atom is 0.303 e. The Kier molecular flexibility index (Phi) is 12.6. The van der Waals surface area contributed by atoms with Crippen LogP contribution in [0.25, 0.3) is 22.7 Å². The van der Waals surface area contributed by atoms with Crippen molar-refractivity contribution in [1.82, 2.24) is 25.8 Å². The Morgan fingerprint density at radius 1 is 1.02 bits per heavy atom. The van der Waals surface area contributed by atoms with Gasteiger partial charge >= 0.3 is 5.97 Å². The van der Waals surface area contributed by atoms with Gasteiger partial charge in [-0.1, -0.05) is 39.8 Å². The van der Waals surface area contributed by atoms with Gasteiger partial charge in [-0.15, -0.1) is 0 Å². The molecule has 3 amide bonds. The van der Waals surface area contributed by atoms with E-state index in [1.165, 1.54) is 13.1 Å². The normalized spacial score (nSPS) is 11.9. The van der Waals surface area contributed by atoms with Gasteiger partial charge in [0.25, 0.3) is 11.8 Å². The van der Waals surface area contributed by atoms with E-state index in [0.29, 0.717) is 23.6 Å². The van der Waals surface area contributed by atoms with E-state index in [-0.39, 0.29) is 40.9 Å². The molecule has 3 rings (SSSR count). The number of nitrogens with zero attached hydrogens (tertiary/aromatic N) is 2. The number of benzene rings is 1. The molecule has 0 unspecified atom stereocenters. The second-order valence-electron chi connectivity index (χ2n) is 11.5. The lowest BCUT2D eigenvalue weighted by atomic mass is 10.0. The van der Waals surface area contributed by atoms with Crippen LogP contribution in [0, 0.1) is 5.92 Å². The van der Waals surface area contributed by atoms with E-state index in [0.717, 1.165) is 18.4 Å². The van der Waals surface area contributed by atoms with E-state index in [1.54, 1.807) is 6.07 Å². The second-order valence-corrected chi connectivity index (χ2v) is 11.5. The molecule has 12 heteroatoms. The fourth-order valence-electron chi connectivity index (χ4n) is 4.05. The molecule has 0 aliphatic carbocycles. The van der Waals surface area contributed by atoms with E-state index in [9.17, 15) is 19.2 Å². The first-order valence-corrected chi connectivity index (χ1v) is 14.4. The highest BCUT2D eigenvalue weighted by molar-refractivity contribution is 5.96. The van der Waals surface area contributed by atoms with Crippen molar-refractivity contribution in [3.05, 3.63) is 48.0 Å². The smallest absolute Gasteiger partial charge is 0.303 e. The van der Waals surface area contributed by atoms with Crippen LogP contribution in [0.5, 0.6) is 0 Å². The summed E-state index contributed by atoms with van der Waals surface area (Å²) in [6.07, 6.45) is 3.51. The molecule has 0 saturated carbocycles. The fourth-order valence-corrected chi connectivity index (χ4v) is 4.05. The summed E-state index contributed by atoms with van der Waals surface area (Å²) in [5, 5.41) is 12.5. The molecule has 2 heterocycles. The summed E-state index contributed by atoms with van der Waals surface area (Å²) < 4.78 is 10.5. The van der Waals surface area contributed by atoms with Gasteiger partial charge in [0.05, 0.1) is 11.9 Å². The maximum atomic E-state index is 12.6. The maximum absolute atomic E-state index is 12.6. The Hall–Kier alpha value is -4.48. The number of amides is 3. The SMILES string of the molecule is CC(=O)OC(C)(C)C.CCC(CC)NC(=O)c1cnc(-c2cccc(-c3cc(C(=O)N[C@@H](CC(C)C)C(N)=O)n[nH]3)c2)o1. The largest absolute Gasteiger partial charge is 0.460 e. The lowest BCUT2D eigenvalue weighted by molar-refractivity contribution is -0.151. The van der Waals surface area contributed by atoms with Gasteiger partial charge in [-0.2, -0.15) is 5.10 Å². The van der Waals surface area contributed by atoms with E-state index >= 15 is 0 Å². The summed E-state index contributed by atoms with van der Waals surface area (Å²) in [5.41, 5.74) is 7.22. The zero-order valence-corrected chi connectivity index (χ0v) is 26.2. The molecule has 1 aromatic carbocycles. The van der Waals surface area contributed by atoms with Gasteiger partial charge in [-0.25, -0.2) is 4.98 Å². The molecule has 0 spiro atoms. The van der Waals surface area contributed by atoms with E-state index < -0.39 is 17.9 Å². The predicted molar refractivity (Wildman–Crippen MR) is 163 cm³/mol. The zero-order valence-electron chi connectivity index (χ0n) is 26.2. The van der Waals surface area contributed by atoms with Crippen molar-refractivity contribution >= 4 is 23.7 Å². The quantitative estimate of drug-likeness (QED) is 0.231. The average Bonchev–Trinajstić information content (AvgIpc) is 3.61. The van der Waals surface area contributed by atoms with Gasteiger partial charge in [0.2, 0.25) is 17.6 Å². The van der Waals surface area contributed by atoms with Gasteiger partial charge in [0, 0.05) is 24.1 Å². The number of carbonyl (C=O) groups is 4. The van der Waals surface area contributed by atoms with Crippen LogP contribution in [0.1, 0.15) is 95.7 Å². The summed E-state index contributed by atoms with van der Waals surface area (Å²) in [7, 11) is 0. The van der Waals surface area contributed by atoms with E-state index in [2.05, 4.69) is 25.8 Å². The van der Waals surface area contributed by atoms with Gasteiger partial charge in [-0.3, -0.25) is 24.3 Å². The molecule has 0 radical (unpaired) electrons. The van der Waals surface area contributed by atoms with Crippen molar-refractivity contribution in [2.75, 3.05) is 0 Å². The van der Waals surface area contributed by atoms with Crippen molar-refractivity contribution in [1.29, 1.82) is 0 Å². The van der Waals surface area contributed by atoms with E-state index in [1.807, 2.05) is 72.7 Å². The number of carbonyl (C=O) groups excluding carboxylic acids is 4. The van der Waals surface area contributed by atoms with Crippen molar-refractivity contribution < 1.29 is 28.3 Å². The van der Waals surface area contributed by atoms with Crippen LogP contribution >= 0.6 is 0 Å². The van der Waals surface area contributed by atoms with Gasteiger partial charge in [-0.05, 0) is 64.2 Å². The molecule has 5 N–H and O–H groups in total. The molecular weight excluding hydrogens is 552 g/mol. The monoisotopic (exact) mass is 596 g/mol. The Morgan fingerprint density at radius 2 is 1.67 bits per heavy atom. The van der Waals surface area contributed by atoms with Crippen molar-refractivity contribution in [2.45, 2.75) is 92.3 Å². The lowest BCUT2D eigenvalue weighted by Crippen LogP contribution is -2.45. The minimum Gasteiger partial charge on any atom is -0.460 e. The number of esters is 1. The number of aromatic nitrogens is 3. The number of hydrogen-bond acceptors (Lipinski definition) is 8. The van der Waals surface area contributed by atoms with Gasteiger partial charge in [0.15, 0.2) is 5.69 Å². The van der Waals surface area contributed by atoms with Crippen LogP contribution in [-0.4, -0.2) is 56.6 Å². The van der Waals surface area contributed by atoms with Crippen LogP contribution < -0.4 is 16.4 Å². The summed E-state index contributed by atoms with van der Waals surface area (Å²) in [5.74, 6) is -0.975. The second kappa shape index (κ2) is 15.7. The first-order valence-electron chi connectivity index (χ1n) is 14.4. The van der Waals surface area contributed by atoms with Crippen molar-refractivity contribution in [2.24, 2.45) is 11.7 Å². The van der Waals surface area contributed by atoms with Crippen molar-refractivity contribution in [3.8, 4) is 22.7 Å². The van der Waals surface area contributed by atoms with Gasteiger partial charge < -0.3 is 25.5 Å². The molecular formula is C31H44N6O6. The summed E-state index contributed by atoms with van der Waals surface area (Å²) in [6.45, 7) is 14.8. The lowest BCUT2D eigenvalue weighted by Gasteiger charge is -2.17. The minimum atomic E-state index is -0.771. The highest BCUT2D eigenvalue weighted by Gasteiger charge is 2.22. The first-order chi connectivity index (χ1) is 20.1. The number of nitrogens with two attached hydrogens (primary N) is 1. The highest BCUT2D eigenvalue weighted by Crippen LogP contribution is 2.26. The highest BCUT2D eigenvalue weighted by atomic mass is 16.6. The number of primary amides is 1. The van der Waals surface area contributed by atoms with Crippen LogP contribution in [-0.2, 0) is 14.3 Å². The molecule has 234 valence electrons. The van der Waals surface area contributed by atoms with Gasteiger partial charge in [0.1, 0.15) is 11.6 Å². The summed E-state index contributed by atoms with van der Waals surface area (Å²) in [6, 6.07) is 8.17. The molecule has 1 atom stereocenters. The number of ether oxygens (including phenoxy) is 1. The molecule has 0 aliphatic heterocycles. The summed E-state index contributed by atoms with van der Waals surface area (Å²) in [4.78, 5) is 51.2. The number of oxazole rings is 1. The number of aromatic amines is 1. The van der Waals surface area contributed by atoms with Crippen LogP contribution in [0.2, 0.25) is 0 Å². The zero-order chi connectivity index (χ0) is 32.3. The molecule has 0 fully saturated rings. The third kappa shape index (κ3) is 11.4. The van der Waals surface area contributed by atoms with Crippen LogP contribution in [0.3, 0.4) is 0 Å². The number of H-pyrrole nitrogens is 1. The summed E-state index contributed by atoms with van der Waals surface area (Å²) >= 11 is 0. The molecule has 12 nitrogen and oxygen atoms in total. The fraction of sp³-hybridized carbons (Fsp3) is 0.484. The Balaban J connectivity index is 0.000000708. The number of nitrogens with one attached hydrogen (secondary N) is 3. The predicted octanol–water partition coefficient (Wildman–Crippen LogP) is 4.63. The Morgan fingerprint density at radius 3 is 2.21 bits per heavy atom. The molecule has 0 aliphatic rings. The molecule has 0 bridgehead atoms. The standard InChI is InChI=1S/C25H32N6O4.C6H12O2/c1-5-17(6-2)28-24(34)21-13-27-25(35-21)16-9-7-8-15(11-16)18-12-20(31-30-18)23(33)29-19(22(26)32)10-14(3)4;1-5(7)8-6(2,3)4/h7-9,11-14,17,19H,5-6,10H2,1-4H3,(H2,26,32)(H,28,34)(H,29,33)(H,30,31);1-4H3/t19-;/m0./s1. The third-order valence-corrected chi connectivity index (χ3v) is 6.09. The topological polar surface area (TPSA) is 182 Å². The number of hydrogen-bond donors (Lipinski definition) is 4. The minimum absolute atomic E-state index is 0.0785. The third-order valence-electron chi connectivity index (χ3n) is 6.09. The van der Waals surface area contributed by atoms with E-state index in [4.69, 9.17) is 14.9 Å². The molecule has 2 aromatic heterocycles.